The van der Waals surface area contributed by atoms with Crippen LogP contribution in [0.2, 0.25) is 0 Å². The van der Waals surface area contributed by atoms with E-state index in [0.29, 0.717) is 23.1 Å². The van der Waals surface area contributed by atoms with Crippen LogP contribution in [0.3, 0.4) is 0 Å². The van der Waals surface area contributed by atoms with Crippen LogP contribution < -0.4 is 10.6 Å². The molecule has 0 spiro atoms. The molecule has 0 radical (unpaired) electrons. The van der Waals surface area contributed by atoms with E-state index in [1.54, 1.807) is 26.0 Å². The summed E-state index contributed by atoms with van der Waals surface area (Å²) >= 11 is 0. The van der Waals surface area contributed by atoms with E-state index in [2.05, 4.69) is 25.8 Å². The second-order valence-corrected chi connectivity index (χ2v) is 4.92. The van der Waals surface area contributed by atoms with Gasteiger partial charge in [-0.25, -0.2) is 13.8 Å². The van der Waals surface area contributed by atoms with Crippen molar-refractivity contribution in [1.82, 2.24) is 15.1 Å². The molecule has 0 saturated heterocycles. The van der Waals surface area contributed by atoms with Crippen molar-refractivity contribution in [3.63, 3.8) is 0 Å². The fourth-order valence-corrected chi connectivity index (χ4v) is 1.96. The zero-order chi connectivity index (χ0) is 16.4. The first-order chi connectivity index (χ1) is 11.0. The van der Waals surface area contributed by atoms with Gasteiger partial charge in [-0.2, -0.15) is 4.98 Å². The largest absolute Gasteiger partial charge is 0.360 e. The second kappa shape index (κ2) is 5.99. The first-order valence-electron chi connectivity index (χ1n) is 6.78. The molecule has 2 N–H and O–H groups in total. The molecule has 0 atom stereocenters. The smallest absolute Gasteiger partial charge is 0.229 e. The number of aromatic nitrogens is 3. The van der Waals surface area contributed by atoms with Gasteiger partial charge in [-0.3, -0.25) is 0 Å². The lowest BCUT2D eigenvalue weighted by molar-refractivity contribution is 0.400. The Morgan fingerprint density at radius 1 is 0.957 bits per heavy atom. The normalized spacial score (nSPS) is 10.6. The van der Waals surface area contributed by atoms with Gasteiger partial charge in [-0.15, -0.1) is 0 Å². The Bertz CT molecular complexity index is 850. The summed E-state index contributed by atoms with van der Waals surface area (Å²) < 4.78 is 31.6. The highest BCUT2D eigenvalue weighted by molar-refractivity contribution is 5.58. The molecular weight excluding hydrogens is 304 g/mol. The second-order valence-electron chi connectivity index (χ2n) is 4.92. The van der Waals surface area contributed by atoms with Crippen LogP contribution in [-0.4, -0.2) is 15.1 Å². The SMILES string of the molecule is Cc1cc(Nc2cc(C)on2)nc(Nc2ccc(F)cc2F)n1. The molecule has 1 aromatic carbocycles. The van der Waals surface area contributed by atoms with Crippen molar-refractivity contribution in [2.75, 3.05) is 10.6 Å². The molecule has 0 unspecified atom stereocenters. The summed E-state index contributed by atoms with van der Waals surface area (Å²) in [6.45, 7) is 3.54. The zero-order valence-corrected chi connectivity index (χ0v) is 12.4. The van der Waals surface area contributed by atoms with E-state index < -0.39 is 11.6 Å². The lowest BCUT2D eigenvalue weighted by Gasteiger charge is -2.09. The first-order valence-corrected chi connectivity index (χ1v) is 6.78. The number of hydrogen-bond acceptors (Lipinski definition) is 6. The van der Waals surface area contributed by atoms with Gasteiger partial charge in [0.1, 0.15) is 23.2 Å². The fraction of sp³-hybridized carbons (Fsp3) is 0.133. The van der Waals surface area contributed by atoms with E-state index in [1.807, 2.05) is 0 Å². The Kier molecular flexibility index (Phi) is 3.88. The molecule has 8 heteroatoms. The fourth-order valence-electron chi connectivity index (χ4n) is 1.96. The highest BCUT2D eigenvalue weighted by Gasteiger charge is 2.09. The first kappa shape index (κ1) is 14.9. The van der Waals surface area contributed by atoms with Gasteiger partial charge in [0.05, 0.1) is 5.69 Å². The minimum absolute atomic E-state index is 0.0835. The minimum Gasteiger partial charge on any atom is -0.360 e. The Hall–Kier alpha value is -3.03. The summed E-state index contributed by atoms with van der Waals surface area (Å²) in [5.41, 5.74) is 0.743. The Balaban J connectivity index is 1.85. The average Bonchev–Trinajstić information content (AvgIpc) is 2.86. The maximum atomic E-state index is 13.7. The van der Waals surface area contributed by atoms with Gasteiger partial charge in [0.2, 0.25) is 5.95 Å². The van der Waals surface area contributed by atoms with Gasteiger partial charge in [0.25, 0.3) is 0 Å². The highest BCUT2D eigenvalue weighted by atomic mass is 19.1. The van der Waals surface area contributed by atoms with Crippen molar-refractivity contribution in [1.29, 1.82) is 0 Å². The quantitative estimate of drug-likeness (QED) is 0.761. The van der Waals surface area contributed by atoms with Crippen molar-refractivity contribution in [2.24, 2.45) is 0 Å². The topological polar surface area (TPSA) is 75.9 Å². The van der Waals surface area contributed by atoms with Crippen molar-refractivity contribution >= 4 is 23.3 Å². The number of halogens is 2. The van der Waals surface area contributed by atoms with Crippen molar-refractivity contribution < 1.29 is 13.3 Å². The minimum atomic E-state index is -0.725. The van der Waals surface area contributed by atoms with Crippen LogP contribution in [0.1, 0.15) is 11.5 Å². The molecule has 0 saturated carbocycles. The Morgan fingerprint density at radius 2 is 1.78 bits per heavy atom. The van der Waals surface area contributed by atoms with Gasteiger partial charge in [0.15, 0.2) is 5.82 Å². The molecule has 23 heavy (non-hydrogen) atoms. The van der Waals surface area contributed by atoms with Gasteiger partial charge in [0, 0.05) is 23.9 Å². The van der Waals surface area contributed by atoms with Crippen LogP contribution >= 0.6 is 0 Å². The lowest BCUT2D eigenvalue weighted by Crippen LogP contribution is -2.03. The highest BCUT2D eigenvalue weighted by Crippen LogP contribution is 2.21. The molecule has 0 amide bonds. The maximum Gasteiger partial charge on any atom is 0.229 e. The third-order valence-electron chi connectivity index (χ3n) is 2.92. The molecule has 3 aromatic rings. The van der Waals surface area contributed by atoms with E-state index in [9.17, 15) is 8.78 Å². The zero-order valence-electron chi connectivity index (χ0n) is 12.4. The summed E-state index contributed by atoms with van der Waals surface area (Å²) in [4.78, 5) is 8.39. The van der Waals surface area contributed by atoms with Crippen molar-refractivity contribution in [3.05, 3.63) is 53.4 Å². The van der Waals surface area contributed by atoms with E-state index in [0.717, 1.165) is 12.1 Å². The molecule has 0 aliphatic carbocycles. The third-order valence-corrected chi connectivity index (χ3v) is 2.92. The molecule has 6 nitrogen and oxygen atoms in total. The molecule has 0 bridgehead atoms. The maximum absolute atomic E-state index is 13.7. The predicted octanol–water partition coefficient (Wildman–Crippen LogP) is 3.85. The van der Waals surface area contributed by atoms with Crippen LogP contribution in [0.25, 0.3) is 0 Å². The summed E-state index contributed by atoms with van der Waals surface area (Å²) in [5, 5.41) is 9.50. The number of rotatable bonds is 4. The van der Waals surface area contributed by atoms with Crippen molar-refractivity contribution in [3.8, 4) is 0 Å². The molecule has 0 fully saturated rings. The summed E-state index contributed by atoms with van der Waals surface area (Å²) in [6, 6.07) is 6.64. The summed E-state index contributed by atoms with van der Waals surface area (Å²) in [7, 11) is 0. The van der Waals surface area contributed by atoms with E-state index in [-0.39, 0.29) is 11.6 Å². The summed E-state index contributed by atoms with van der Waals surface area (Å²) in [5.74, 6) is 0.428. The number of benzene rings is 1. The lowest BCUT2D eigenvalue weighted by atomic mass is 10.3. The standard InChI is InChI=1S/C15H13F2N5O/c1-8-5-13(20-14-6-9(2)23-22-14)21-15(18-8)19-12-4-3-10(16)7-11(12)17/h3-7H,1-2H3,(H2,18,19,20,21,22). The van der Waals surface area contributed by atoms with E-state index >= 15 is 0 Å². The number of nitrogens with one attached hydrogen (secondary N) is 2. The molecule has 0 aliphatic heterocycles. The number of anilines is 4. The number of hydrogen-bond donors (Lipinski definition) is 2. The predicted molar refractivity (Wildman–Crippen MR) is 80.9 cm³/mol. The molecule has 3 rings (SSSR count). The van der Waals surface area contributed by atoms with Crippen LogP contribution in [0.4, 0.5) is 32.1 Å². The van der Waals surface area contributed by atoms with Gasteiger partial charge in [-0.05, 0) is 26.0 Å². The molecular formula is C15H13F2N5O. The van der Waals surface area contributed by atoms with Crippen LogP contribution in [0, 0.1) is 25.5 Å². The van der Waals surface area contributed by atoms with Gasteiger partial charge >= 0.3 is 0 Å². The third kappa shape index (κ3) is 3.60. The summed E-state index contributed by atoms with van der Waals surface area (Å²) in [6.07, 6.45) is 0. The number of nitrogens with zero attached hydrogens (tertiary/aromatic N) is 3. The van der Waals surface area contributed by atoms with Crippen LogP contribution in [0.15, 0.2) is 34.9 Å². The molecule has 118 valence electrons. The van der Waals surface area contributed by atoms with E-state index in [4.69, 9.17) is 4.52 Å². The van der Waals surface area contributed by atoms with Gasteiger partial charge < -0.3 is 15.2 Å². The average molecular weight is 317 g/mol. The molecule has 0 aliphatic rings. The number of aryl methyl sites for hydroxylation is 2. The monoisotopic (exact) mass is 317 g/mol. The van der Waals surface area contributed by atoms with Gasteiger partial charge in [-0.1, -0.05) is 5.16 Å². The van der Waals surface area contributed by atoms with Crippen LogP contribution in [0.5, 0.6) is 0 Å². The molecule has 2 heterocycles. The Morgan fingerprint density at radius 3 is 2.48 bits per heavy atom. The Labute approximate surface area is 130 Å². The van der Waals surface area contributed by atoms with E-state index in [1.165, 1.54) is 6.07 Å². The van der Waals surface area contributed by atoms with Crippen molar-refractivity contribution in [2.45, 2.75) is 13.8 Å². The molecule has 2 aromatic heterocycles. The van der Waals surface area contributed by atoms with Crippen LogP contribution in [-0.2, 0) is 0 Å².